The van der Waals surface area contributed by atoms with Crippen LogP contribution in [0.5, 0.6) is 5.75 Å². The third kappa shape index (κ3) is 6.35. The first-order valence-corrected chi connectivity index (χ1v) is 11.6. The average Bonchev–Trinajstić information content (AvgIpc) is 3.18. The van der Waals surface area contributed by atoms with Crippen LogP contribution in [0.15, 0.2) is 53.7 Å². The van der Waals surface area contributed by atoms with Gasteiger partial charge >= 0.3 is 0 Å². The van der Waals surface area contributed by atoms with Gasteiger partial charge in [0.2, 0.25) is 5.91 Å². The summed E-state index contributed by atoms with van der Waals surface area (Å²) in [6.07, 6.45) is 0. The number of aromatic nitrogens is 3. The molecule has 2 N–H and O–H groups in total. The molecule has 1 atom stereocenters. The highest BCUT2D eigenvalue weighted by molar-refractivity contribution is 7.99. The summed E-state index contributed by atoms with van der Waals surface area (Å²) in [6, 6.07) is 14.4. The highest BCUT2D eigenvalue weighted by Crippen LogP contribution is 2.21. The lowest BCUT2D eigenvalue weighted by Gasteiger charge is -2.14. The second-order valence-corrected chi connectivity index (χ2v) is 8.88. The van der Waals surface area contributed by atoms with Gasteiger partial charge in [0.25, 0.3) is 5.91 Å². The van der Waals surface area contributed by atoms with Gasteiger partial charge in [-0.25, -0.2) is 0 Å². The number of nitrogens with one attached hydrogen (secondary N) is 2. The fraction of sp³-hybridized carbons (Fsp3) is 0.333. The van der Waals surface area contributed by atoms with E-state index in [1.54, 1.807) is 35.9 Å². The van der Waals surface area contributed by atoms with E-state index in [2.05, 4.69) is 34.7 Å². The van der Waals surface area contributed by atoms with Crippen LogP contribution in [0.2, 0.25) is 0 Å². The van der Waals surface area contributed by atoms with Gasteiger partial charge in [-0.2, -0.15) is 0 Å². The zero-order chi connectivity index (χ0) is 24.0. The van der Waals surface area contributed by atoms with Crippen molar-refractivity contribution in [3.63, 3.8) is 0 Å². The Labute approximate surface area is 198 Å². The summed E-state index contributed by atoms with van der Waals surface area (Å²) in [4.78, 5) is 24.9. The van der Waals surface area contributed by atoms with Crippen LogP contribution < -0.4 is 15.4 Å². The first-order chi connectivity index (χ1) is 15.8. The Kier molecular flexibility index (Phi) is 8.11. The molecular formula is C24H29N5O3S. The molecule has 0 unspecified atom stereocenters. The van der Waals surface area contributed by atoms with E-state index < -0.39 is 0 Å². The van der Waals surface area contributed by atoms with Crippen molar-refractivity contribution < 1.29 is 14.3 Å². The van der Waals surface area contributed by atoms with Crippen molar-refractivity contribution in [3.05, 3.63) is 65.5 Å². The molecule has 174 valence electrons. The van der Waals surface area contributed by atoms with Crippen molar-refractivity contribution in [1.29, 1.82) is 0 Å². The maximum atomic E-state index is 12.5. The minimum absolute atomic E-state index is 0.122. The summed E-state index contributed by atoms with van der Waals surface area (Å²) < 4.78 is 6.91. The summed E-state index contributed by atoms with van der Waals surface area (Å²) >= 11 is 1.29. The van der Waals surface area contributed by atoms with Gasteiger partial charge in [0.1, 0.15) is 5.75 Å². The highest BCUT2D eigenvalue weighted by Gasteiger charge is 2.19. The number of amides is 2. The van der Waals surface area contributed by atoms with E-state index in [4.69, 9.17) is 4.74 Å². The van der Waals surface area contributed by atoms with Crippen molar-refractivity contribution in [1.82, 2.24) is 20.1 Å². The summed E-state index contributed by atoms with van der Waals surface area (Å²) in [7, 11) is 3.39. The second-order valence-electron chi connectivity index (χ2n) is 7.94. The van der Waals surface area contributed by atoms with Crippen LogP contribution >= 0.6 is 11.8 Å². The van der Waals surface area contributed by atoms with E-state index in [-0.39, 0.29) is 23.6 Å². The molecule has 3 rings (SSSR count). The van der Waals surface area contributed by atoms with E-state index in [1.165, 1.54) is 17.3 Å². The van der Waals surface area contributed by atoms with Gasteiger partial charge in [0.15, 0.2) is 11.0 Å². The van der Waals surface area contributed by atoms with Gasteiger partial charge in [-0.15, -0.1) is 10.2 Å². The van der Waals surface area contributed by atoms with Gasteiger partial charge in [-0.1, -0.05) is 37.7 Å². The molecule has 9 heteroatoms. The summed E-state index contributed by atoms with van der Waals surface area (Å²) in [5.74, 6) is 1.59. The number of anilines is 1. The van der Waals surface area contributed by atoms with Crippen molar-refractivity contribution in [2.45, 2.75) is 37.9 Å². The molecule has 2 amide bonds. The molecule has 33 heavy (non-hydrogen) atoms. The molecule has 0 aliphatic heterocycles. The molecule has 0 fully saturated rings. The monoisotopic (exact) mass is 467 g/mol. The van der Waals surface area contributed by atoms with E-state index in [1.807, 2.05) is 38.2 Å². The van der Waals surface area contributed by atoms with E-state index in [0.717, 1.165) is 5.69 Å². The van der Waals surface area contributed by atoms with Gasteiger partial charge in [-0.3, -0.25) is 9.59 Å². The molecule has 0 bridgehead atoms. The Morgan fingerprint density at radius 3 is 2.30 bits per heavy atom. The van der Waals surface area contributed by atoms with E-state index >= 15 is 0 Å². The van der Waals surface area contributed by atoms with Crippen LogP contribution in [0, 0.1) is 0 Å². The standard InChI is InChI=1S/C24H29N5O3S/c1-15(2)17-6-10-19(11-7-17)26-21(30)14-33-24-28-27-22(29(24)4)16(3)25-23(31)18-8-12-20(32-5)13-9-18/h6-13,15-16H,14H2,1-5H3,(H,25,31)(H,26,30)/t16-/m1/s1. The minimum atomic E-state index is -0.361. The summed E-state index contributed by atoms with van der Waals surface area (Å²) in [6.45, 7) is 6.10. The third-order valence-electron chi connectivity index (χ3n) is 5.15. The lowest BCUT2D eigenvalue weighted by Crippen LogP contribution is -2.28. The SMILES string of the molecule is COc1ccc(C(=O)N[C@H](C)c2nnc(SCC(=O)Nc3ccc(C(C)C)cc3)n2C)cc1. The van der Waals surface area contributed by atoms with Gasteiger partial charge in [0, 0.05) is 18.3 Å². The smallest absolute Gasteiger partial charge is 0.251 e. The van der Waals surface area contributed by atoms with Crippen LogP contribution in [0.4, 0.5) is 5.69 Å². The predicted octanol–water partition coefficient (Wildman–Crippen LogP) is 4.17. The van der Waals surface area contributed by atoms with Crippen molar-refractivity contribution >= 4 is 29.3 Å². The Morgan fingerprint density at radius 1 is 1.03 bits per heavy atom. The molecule has 0 saturated carbocycles. The molecule has 2 aromatic carbocycles. The van der Waals surface area contributed by atoms with Crippen LogP contribution in [-0.4, -0.2) is 39.4 Å². The fourth-order valence-corrected chi connectivity index (χ4v) is 3.91. The Hall–Kier alpha value is -3.33. The van der Waals surface area contributed by atoms with E-state index in [9.17, 15) is 9.59 Å². The molecule has 0 saturated heterocycles. The van der Waals surface area contributed by atoms with Gasteiger partial charge < -0.3 is 19.9 Å². The Balaban J connectivity index is 1.54. The number of carbonyl (C=O) groups is 2. The maximum Gasteiger partial charge on any atom is 0.251 e. The van der Waals surface area contributed by atoms with Crippen LogP contribution in [0.25, 0.3) is 0 Å². The largest absolute Gasteiger partial charge is 0.497 e. The minimum Gasteiger partial charge on any atom is -0.497 e. The number of hydrogen-bond acceptors (Lipinski definition) is 6. The number of carbonyl (C=O) groups excluding carboxylic acids is 2. The lowest BCUT2D eigenvalue weighted by atomic mass is 10.0. The predicted molar refractivity (Wildman–Crippen MR) is 130 cm³/mol. The number of hydrogen-bond donors (Lipinski definition) is 2. The van der Waals surface area contributed by atoms with Crippen LogP contribution in [0.1, 0.15) is 54.5 Å². The number of thioether (sulfide) groups is 1. The Morgan fingerprint density at radius 2 is 1.70 bits per heavy atom. The molecule has 3 aromatic rings. The van der Waals surface area contributed by atoms with Crippen LogP contribution in [0.3, 0.4) is 0 Å². The van der Waals surface area contributed by atoms with Crippen molar-refractivity contribution in [2.75, 3.05) is 18.2 Å². The second kappa shape index (κ2) is 11.0. The molecule has 0 aliphatic rings. The van der Waals surface area contributed by atoms with Gasteiger partial charge in [-0.05, 0) is 54.8 Å². The zero-order valence-corrected chi connectivity index (χ0v) is 20.3. The van der Waals surface area contributed by atoms with Crippen molar-refractivity contribution in [3.8, 4) is 5.75 Å². The number of methoxy groups -OCH3 is 1. The molecule has 1 aromatic heterocycles. The lowest BCUT2D eigenvalue weighted by molar-refractivity contribution is -0.113. The van der Waals surface area contributed by atoms with E-state index in [0.29, 0.717) is 28.2 Å². The first-order valence-electron chi connectivity index (χ1n) is 10.6. The van der Waals surface area contributed by atoms with Crippen molar-refractivity contribution in [2.24, 2.45) is 7.05 Å². The third-order valence-corrected chi connectivity index (χ3v) is 6.17. The molecule has 0 aliphatic carbocycles. The first kappa shape index (κ1) is 24.3. The van der Waals surface area contributed by atoms with Gasteiger partial charge in [0.05, 0.1) is 18.9 Å². The topological polar surface area (TPSA) is 98.1 Å². The molecule has 0 spiro atoms. The number of rotatable bonds is 9. The number of ether oxygens (including phenoxy) is 1. The summed E-state index contributed by atoms with van der Waals surface area (Å²) in [5.41, 5.74) is 2.51. The molecule has 8 nitrogen and oxygen atoms in total. The number of nitrogens with zero attached hydrogens (tertiary/aromatic N) is 3. The quantitative estimate of drug-likeness (QED) is 0.459. The fourth-order valence-electron chi connectivity index (χ4n) is 3.19. The number of benzene rings is 2. The molecule has 1 heterocycles. The normalized spacial score (nSPS) is 11.8. The van der Waals surface area contributed by atoms with Crippen LogP contribution in [-0.2, 0) is 11.8 Å². The Bertz CT molecular complexity index is 1090. The molecular weight excluding hydrogens is 438 g/mol. The molecule has 0 radical (unpaired) electrons. The average molecular weight is 468 g/mol. The maximum absolute atomic E-state index is 12.5. The highest BCUT2D eigenvalue weighted by atomic mass is 32.2. The zero-order valence-electron chi connectivity index (χ0n) is 19.5. The summed E-state index contributed by atoms with van der Waals surface area (Å²) in [5, 5.41) is 14.8.